The van der Waals surface area contributed by atoms with Gasteiger partial charge in [-0.1, -0.05) is 0 Å². The molecule has 6 nitrogen and oxygen atoms in total. The van der Waals surface area contributed by atoms with E-state index in [2.05, 4.69) is 20.3 Å². The summed E-state index contributed by atoms with van der Waals surface area (Å²) in [6.45, 7) is 1.71. The zero-order chi connectivity index (χ0) is 15.7. The molecule has 1 N–H and O–H groups in total. The van der Waals surface area contributed by atoms with Crippen LogP contribution in [0.3, 0.4) is 0 Å². The highest BCUT2D eigenvalue weighted by atomic mass is 35.5. The predicted octanol–water partition coefficient (Wildman–Crippen LogP) is 3.17. The number of fused-ring (bicyclic) bond motifs is 1. The molecule has 3 heterocycles. The summed E-state index contributed by atoms with van der Waals surface area (Å²) in [7, 11) is 0. The van der Waals surface area contributed by atoms with Gasteiger partial charge in [0.1, 0.15) is 11.9 Å². The van der Waals surface area contributed by atoms with Gasteiger partial charge in [-0.15, -0.1) is 11.3 Å². The summed E-state index contributed by atoms with van der Waals surface area (Å²) in [4.78, 5) is 24.5. The van der Waals surface area contributed by atoms with Crippen molar-refractivity contribution in [2.75, 3.05) is 5.32 Å². The van der Waals surface area contributed by atoms with Crippen molar-refractivity contribution >= 4 is 44.9 Å². The molecule has 0 radical (unpaired) electrons. The fraction of sp³-hybridized carbons (Fsp3) is 0.0714. The van der Waals surface area contributed by atoms with Crippen molar-refractivity contribution in [2.24, 2.45) is 0 Å². The summed E-state index contributed by atoms with van der Waals surface area (Å²) in [5.74, 6) is 0.0404. The molecule has 0 aromatic carbocycles. The van der Waals surface area contributed by atoms with E-state index in [1.54, 1.807) is 30.6 Å². The largest absolute Gasteiger partial charge is 0.306 e. The van der Waals surface area contributed by atoms with E-state index in [0.29, 0.717) is 28.2 Å². The first-order valence-electron chi connectivity index (χ1n) is 6.17. The average Bonchev–Trinajstić information content (AvgIpc) is 2.90. The van der Waals surface area contributed by atoms with Gasteiger partial charge in [-0.2, -0.15) is 5.26 Å². The Labute approximate surface area is 134 Å². The monoisotopic (exact) mass is 329 g/mol. The number of nitrogens with one attached hydrogen (secondary N) is 1. The zero-order valence-corrected chi connectivity index (χ0v) is 12.9. The number of rotatable bonds is 2. The molecule has 0 fully saturated rings. The van der Waals surface area contributed by atoms with Gasteiger partial charge in [0, 0.05) is 11.6 Å². The number of carbonyl (C=O) groups is 1. The SMILES string of the molecule is Cc1nc(NC(=O)c2csc3cnc(Cl)nc23)ccc1C#N. The van der Waals surface area contributed by atoms with Crippen LogP contribution in [0.15, 0.2) is 23.7 Å². The molecule has 0 atom stereocenters. The average molecular weight is 330 g/mol. The lowest BCUT2D eigenvalue weighted by Gasteiger charge is -2.05. The van der Waals surface area contributed by atoms with Crippen LogP contribution in [0.25, 0.3) is 10.2 Å². The first-order chi connectivity index (χ1) is 10.6. The minimum atomic E-state index is -0.336. The molecule has 8 heteroatoms. The van der Waals surface area contributed by atoms with Gasteiger partial charge in [0.25, 0.3) is 5.91 Å². The van der Waals surface area contributed by atoms with E-state index in [1.165, 1.54) is 11.3 Å². The first-order valence-corrected chi connectivity index (χ1v) is 7.43. The maximum Gasteiger partial charge on any atom is 0.259 e. The van der Waals surface area contributed by atoms with Gasteiger partial charge in [-0.25, -0.2) is 15.0 Å². The highest BCUT2D eigenvalue weighted by Crippen LogP contribution is 2.25. The molecule has 0 aliphatic heterocycles. The molecule has 1 amide bonds. The molecule has 3 aromatic heterocycles. The lowest BCUT2D eigenvalue weighted by molar-refractivity contribution is 0.102. The van der Waals surface area contributed by atoms with E-state index in [0.717, 1.165) is 4.70 Å². The van der Waals surface area contributed by atoms with Crippen molar-refractivity contribution < 1.29 is 4.79 Å². The molecule has 3 rings (SSSR count). The maximum atomic E-state index is 12.4. The Balaban J connectivity index is 1.92. The third kappa shape index (κ3) is 2.62. The predicted molar refractivity (Wildman–Crippen MR) is 84.1 cm³/mol. The Kier molecular flexibility index (Phi) is 3.71. The van der Waals surface area contributed by atoms with Crippen LogP contribution in [0.1, 0.15) is 21.6 Å². The smallest absolute Gasteiger partial charge is 0.259 e. The van der Waals surface area contributed by atoms with E-state index in [1.807, 2.05) is 6.07 Å². The van der Waals surface area contributed by atoms with Crippen LogP contribution < -0.4 is 5.32 Å². The highest BCUT2D eigenvalue weighted by molar-refractivity contribution is 7.17. The number of aryl methyl sites for hydroxylation is 1. The Hall–Kier alpha value is -2.56. The van der Waals surface area contributed by atoms with Crippen LogP contribution >= 0.6 is 22.9 Å². The minimum Gasteiger partial charge on any atom is -0.306 e. The molecular formula is C14H8ClN5OS. The Morgan fingerprint density at radius 1 is 1.41 bits per heavy atom. The number of nitriles is 1. The summed E-state index contributed by atoms with van der Waals surface area (Å²) in [5.41, 5.74) is 1.94. The van der Waals surface area contributed by atoms with Gasteiger partial charge in [0.05, 0.1) is 27.0 Å². The summed E-state index contributed by atoms with van der Waals surface area (Å²) < 4.78 is 0.776. The number of thiophene rings is 1. The number of carbonyl (C=O) groups excluding carboxylic acids is 1. The molecule has 0 bridgehead atoms. The van der Waals surface area contributed by atoms with Crippen LogP contribution in [-0.2, 0) is 0 Å². The van der Waals surface area contributed by atoms with Crippen molar-refractivity contribution in [1.82, 2.24) is 15.0 Å². The molecule has 0 saturated carbocycles. The highest BCUT2D eigenvalue weighted by Gasteiger charge is 2.15. The van der Waals surface area contributed by atoms with Crippen LogP contribution in [-0.4, -0.2) is 20.9 Å². The van der Waals surface area contributed by atoms with E-state index in [4.69, 9.17) is 16.9 Å². The molecule has 0 saturated heterocycles. The third-order valence-electron chi connectivity index (χ3n) is 2.98. The van der Waals surface area contributed by atoms with Crippen molar-refractivity contribution in [2.45, 2.75) is 6.92 Å². The number of pyridine rings is 1. The number of aromatic nitrogens is 3. The normalized spacial score (nSPS) is 10.4. The summed E-state index contributed by atoms with van der Waals surface area (Å²) in [5, 5.41) is 13.4. The topological polar surface area (TPSA) is 91.6 Å². The van der Waals surface area contributed by atoms with Gasteiger partial charge >= 0.3 is 0 Å². The van der Waals surface area contributed by atoms with Crippen molar-refractivity contribution in [3.8, 4) is 6.07 Å². The van der Waals surface area contributed by atoms with Crippen LogP contribution in [0.5, 0.6) is 0 Å². The zero-order valence-electron chi connectivity index (χ0n) is 11.3. The Bertz CT molecular complexity index is 931. The summed E-state index contributed by atoms with van der Waals surface area (Å²) in [6.07, 6.45) is 1.58. The van der Waals surface area contributed by atoms with Gasteiger partial charge < -0.3 is 5.32 Å². The summed E-state index contributed by atoms with van der Waals surface area (Å²) >= 11 is 7.14. The molecule has 0 spiro atoms. The van der Waals surface area contributed by atoms with Crippen molar-refractivity contribution in [3.05, 3.63) is 45.8 Å². The van der Waals surface area contributed by atoms with Crippen LogP contribution in [0, 0.1) is 18.3 Å². The number of amides is 1. The Morgan fingerprint density at radius 3 is 2.95 bits per heavy atom. The number of halogens is 1. The van der Waals surface area contributed by atoms with Crippen molar-refractivity contribution in [3.63, 3.8) is 0 Å². The quantitative estimate of drug-likeness (QED) is 0.729. The molecule has 0 aliphatic rings. The van der Waals surface area contributed by atoms with Gasteiger partial charge in [-0.05, 0) is 30.7 Å². The number of nitrogens with zero attached hydrogens (tertiary/aromatic N) is 4. The second-order valence-corrected chi connectivity index (χ2v) is 5.65. The number of hydrogen-bond acceptors (Lipinski definition) is 6. The van der Waals surface area contributed by atoms with Crippen LogP contribution in [0.4, 0.5) is 5.82 Å². The second kappa shape index (κ2) is 5.67. The third-order valence-corrected chi connectivity index (χ3v) is 4.07. The standard InChI is InChI=1S/C14H8ClN5OS/c1-7-8(4-16)2-3-11(18-7)19-13(21)9-6-22-10-5-17-14(15)20-12(9)10/h2-3,5-6H,1H3,(H,18,19,21). The Morgan fingerprint density at radius 2 is 2.23 bits per heavy atom. The molecule has 3 aromatic rings. The maximum absolute atomic E-state index is 12.4. The van der Waals surface area contributed by atoms with Gasteiger partial charge in [0.2, 0.25) is 5.28 Å². The minimum absolute atomic E-state index is 0.0901. The van der Waals surface area contributed by atoms with Crippen LogP contribution in [0.2, 0.25) is 5.28 Å². The number of anilines is 1. The van der Waals surface area contributed by atoms with E-state index in [9.17, 15) is 4.79 Å². The fourth-order valence-corrected chi connectivity index (χ4v) is 2.88. The summed E-state index contributed by atoms with van der Waals surface area (Å²) in [6, 6.07) is 5.23. The van der Waals surface area contributed by atoms with E-state index >= 15 is 0 Å². The van der Waals surface area contributed by atoms with E-state index < -0.39 is 0 Å². The second-order valence-electron chi connectivity index (χ2n) is 4.40. The molecule has 108 valence electrons. The molecule has 0 unspecified atom stereocenters. The molecular weight excluding hydrogens is 322 g/mol. The van der Waals surface area contributed by atoms with Gasteiger partial charge in [-0.3, -0.25) is 4.79 Å². The van der Waals surface area contributed by atoms with Crippen molar-refractivity contribution in [1.29, 1.82) is 5.26 Å². The number of hydrogen-bond donors (Lipinski definition) is 1. The lowest BCUT2D eigenvalue weighted by atomic mass is 10.2. The van der Waals surface area contributed by atoms with E-state index in [-0.39, 0.29) is 11.2 Å². The fourth-order valence-electron chi connectivity index (χ4n) is 1.90. The molecule has 0 aliphatic carbocycles. The lowest BCUT2D eigenvalue weighted by Crippen LogP contribution is -2.13. The first kappa shape index (κ1) is 14.4. The van der Waals surface area contributed by atoms with Gasteiger partial charge in [0.15, 0.2) is 0 Å². The molecule has 22 heavy (non-hydrogen) atoms.